The molecule has 1 unspecified atom stereocenters. The van der Waals surface area contributed by atoms with Gasteiger partial charge >= 0.3 is 6.01 Å². The number of rotatable bonds is 6. The summed E-state index contributed by atoms with van der Waals surface area (Å²) in [5.74, 6) is 0.804. The second kappa shape index (κ2) is 10.5. The van der Waals surface area contributed by atoms with Crippen LogP contribution in [0.2, 0.25) is 0 Å². The van der Waals surface area contributed by atoms with Crippen LogP contribution in [0.1, 0.15) is 69.2 Å². The zero-order valence-corrected chi connectivity index (χ0v) is 24.8. The highest BCUT2D eigenvalue weighted by Crippen LogP contribution is 2.41. The van der Waals surface area contributed by atoms with Gasteiger partial charge in [0.25, 0.3) is 0 Å². The Bertz CT molecular complexity index is 1500. The lowest BCUT2D eigenvalue weighted by molar-refractivity contribution is 0.0445. The van der Waals surface area contributed by atoms with E-state index in [-0.39, 0.29) is 17.1 Å². The summed E-state index contributed by atoms with van der Waals surface area (Å²) in [6, 6.07) is 7.08. The third kappa shape index (κ3) is 4.84. The molecule has 4 aliphatic heterocycles. The summed E-state index contributed by atoms with van der Waals surface area (Å²) in [4.78, 5) is 17.0. The number of hydrogen-bond donors (Lipinski definition) is 2. The van der Waals surface area contributed by atoms with Gasteiger partial charge in [0.05, 0.1) is 23.4 Å². The molecule has 0 spiro atoms. The Morgan fingerprint density at radius 2 is 1.79 bits per heavy atom. The van der Waals surface area contributed by atoms with E-state index in [1.54, 1.807) is 18.2 Å². The average Bonchev–Trinajstić information content (AvgIpc) is 3.55. The highest BCUT2D eigenvalue weighted by atomic mass is 19.1. The minimum absolute atomic E-state index is 0.0847. The summed E-state index contributed by atoms with van der Waals surface area (Å²) in [6.45, 7) is 9.26. The lowest BCUT2D eigenvalue weighted by atomic mass is 9.94. The lowest BCUT2D eigenvalue weighted by Gasteiger charge is -2.40. The van der Waals surface area contributed by atoms with E-state index in [2.05, 4.69) is 14.7 Å². The van der Waals surface area contributed by atoms with Gasteiger partial charge in [-0.3, -0.25) is 4.90 Å². The Balaban J connectivity index is 1.27. The number of ether oxygens (including phenoxy) is 1. The lowest BCUT2D eigenvalue weighted by Crippen LogP contribution is -2.47. The standard InChI is InChI=1S/C33H42FN5O3/c1-3-24-26(34)8-7-22-17-23(40)18-28(29(22)24)37-16-9-25-27(19-37)35-31(36-30(25)38-13-4-10-32(2,41)20-38)42-21-33-11-5-14-39(33)15-6-12-33/h7-8,17-18,40-41H,3-6,9-16,19-21H2,1-2H3. The third-order valence-electron chi connectivity index (χ3n) is 10.1. The first-order chi connectivity index (χ1) is 20.2. The fourth-order valence-corrected chi connectivity index (χ4v) is 8.05. The van der Waals surface area contributed by atoms with Crippen molar-refractivity contribution in [2.45, 2.75) is 82.9 Å². The molecule has 224 valence electrons. The quantitative estimate of drug-likeness (QED) is 0.427. The summed E-state index contributed by atoms with van der Waals surface area (Å²) >= 11 is 0. The van der Waals surface area contributed by atoms with Gasteiger partial charge in [-0.2, -0.15) is 9.97 Å². The number of phenolic OH excluding ortho intramolecular Hbond substituents is 1. The highest BCUT2D eigenvalue weighted by Gasteiger charge is 2.45. The molecule has 3 fully saturated rings. The Morgan fingerprint density at radius 1 is 1.00 bits per heavy atom. The number of aryl methyl sites for hydroxylation is 1. The van der Waals surface area contributed by atoms with Crippen molar-refractivity contribution >= 4 is 22.3 Å². The number of benzene rings is 2. The number of β-amino-alcohol motifs (C(OH)–C–C–N with tert-alkyl or cyclic N) is 1. The van der Waals surface area contributed by atoms with Gasteiger partial charge in [0.1, 0.15) is 24.0 Å². The van der Waals surface area contributed by atoms with Crippen molar-refractivity contribution in [3.8, 4) is 11.8 Å². The molecule has 4 aliphatic rings. The number of halogens is 1. The van der Waals surface area contributed by atoms with Gasteiger partial charge in [0, 0.05) is 42.3 Å². The first-order valence-electron chi connectivity index (χ1n) is 15.7. The second-order valence-electron chi connectivity index (χ2n) is 13.1. The summed E-state index contributed by atoms with van der Waals surface area (Å²) in [6.07, 6.45) is 7.63. The zero-order chi connectivity index (χ0) is 29.1. The molecular formula is C33H42FN5O3. The van der Waals surface area contributed by atoms with Gasteiger partial charge in [-0.15, -0.1) is 0 Å². The Hall–Kier alpha value is -3.17. The van der Waals surface area contributed by atoms with Crippen molar-refractivity contribution in [1.29, 1.82) is 0 Å². The van der Waals surface area contributed by atoms with Crippen LogP contribution in [-0.2, 0) is 19.4 Å². The Kier molecular flexibility index (Phi) is 6.93. The number of nitrogens with zero attached hydrogens (tertiary/aromatic N) is 5. The summed E-state index contributed by atoms with van der Waals surface area (Å²) in [5.41, 5.74) is 2.77. The van der Waals surface area contributed by atoms with E-state index in [0.717, 1.165) is 78.9 Å². The number of fused-ring (bicyclic) bond motifs is 3. The van der Waals surface area contributed by atoms with E-state index in [9.17, 15) is 14.6 Å². The molecule has 0 aliphatic carbocycles. The van der Waals surface area contributed by atoms with Crippen molar-refractivity contribution in [3.63, 3.8) is 0 Å². The predicted molar refractivity (Wildman–Crippen MR) is 162 cm³/mol. The molecule has 1 aromatic heterocycles. The average molecular weight is 576 g/mol. The molecule has 3 aromatic rings. The first-order valence-corrected chi connectivity index (χ1v) is 15.7. The minimum atomic E-state index is -0.772. The normalized spacial score (nSPS) is 23.8. The number of phenols is 1. The highest BCUT2D eigenvalue weighted by molar-refractivity contribution is 5.98. The smallest absolute Gasteiger partial charge is 0.318 e. The number of aromatic nitrogens is 2. The van der Waals surface area contributed by atoms with Crippen molar-refractivity contribution in [1.82, 2.24) is 14.9 Å². The van der Waals surface area contributed by atoms with E-state index in [1.165, 1.54) is 18.9 Å². The van der Waals surface area contributed by atoms with Crippen LogP contribution < -0.4 is 14.5 Å². The topological polar surface area (TPSA) is 85.2 Å². The van der Waals surface area contributed by atoms with Gasteiger partial charge in [0.2, 0.25) is 0 Å². The molecule has 0 amide bonds. The molecule has 0 bridgehead atoms. The summed E-state index contributed by atoms with van der Waals surface area (Å²) < 4.78 is 21.4. The van der Waals surface area contributed by atoms with Crippen LogP contribution >= 0.6 is 0 Å². The van der Waals surface area contributed by atoms with Gasteiger partial charge in [0.15, 0.2) is 0 Å². The van der Waals surface area contributed by atoms with Crippen LogP contribution in [0.5, 0.6) is 11.8 Å². The maximum Gasteiger partial charge on any atom is 0.318 e. The van der Waals surface area contributed by atoms with Crippen LogP contribution in [0.4, 0.5) is 15.9 Å². The van der Waals surface area contributed by atoms with Gasteiger partial charge in [-0.1, -0.05) is 13.0 Å². The molecule has 0 saturated carbocycles. The van der Waals surface area contributed by atoms with E-state index >= 15 is 0 Å². The van der Waals surface area contributed by atoms with E-state index in [1.807, 2.05) is 13.8 Å². The fraction of sp³-hybridized carbons (Fsp3) is 0.576. The first kappa shape index (κ1) is 27.7. The van der Waals surface area contributed by atoms with Crippen LogP contribution in [0.3, 0.4) is 0 Å². The molecule has 1 atom stereocenters. The second-order valence-corrected chi connectivity index (χ2v) is 13.1. The van der Waals surface area contributed by atoms with Crippen molar-refractivity contribution in [2.75, 3.05) is 49.1 Å². The maximum atomic E-state index is 14.9. The van der Waals surface area contributed by atoms with E-state index in [0.29, 0.717) is 50.7 Å². The molecule has 5 heterocycles. The molecule has 9 heteroatoms. The van der Waals surface area contributed by atoms with E-state index < -0.39 is 5.60 Å². The summed E-state index contributed by atoms with van der Waals surface area (Å²) in [5, 5.41) is 23.2. The zero-order valence-electron chi connectivity index (χ0n) is 24.8. The van der Waals surface area contributed by atoms with Gasteiger partial charge in [-0.05, 0) is 94.5 Å². The number of hydrogen-bond acceptors (Lipinski definition) is 8. The Labute approximate surface area is 247 Å². The van der Waals surface area contributed by atoms with Crippen molar-refractivity contribution in [2.24, 2.45) is 0 Å². The largest absolute Gasteiger partial charge is 0.508 e. The molecule has 2 N–H and O–H groups in total. The summed E-state index contributed by atoms with van der Waals surface area (Å²) in [7, 11) is 0. The molecule has 8 nitrogen and oxygen atoms in total. The van der Waals surface area contributed by atoms with Crippen LogP contribution in [0.15, 0.2) is 24.3 Å². The van der Waals surface area contributed by atoms with Crippen LogP contribution in [0.25, 0.3) is 10.8 Å². The fourth-order valence-electron chi connectivity index (χ4n) is 8.05. The van der Waals surface area contributed by atoms with Crippen LogP contribution in [0, 0.1) is 5.82 Å². The Morgan fingerprint density at radius 3 is 2.55 bits per heavy atom. The van der Waals surface area contributed by atoms with E-state index in [4.69, 9.17) is 14.7 Å². The third-order valence-corrected chi connectivity index (χ3v) is 10.1. The van der Waals surface area contributed by atoms with Crippen molar-refractivity contribution < 1.29 is 19.3 Å². The number of anilines is 2. The number of piperidine rings is 1. The minimum Gasteiger partial charge on any atom is -0.508 e. The predicted octanol–water partition coefficient (Wildman–Crippen LogP) is 4.96. The number of aromatic hydroxyl groups is 1. The van der Waals surface area contributed by atoms with Crippen LogP contribution in [-0.4, -0.2) is 75.6 Å². The molecule has 2 aromatic carbocycles. The molecule has 42 heavy (non-hydrogen) atoms. The number of aliphatic hydroxyl groups is 1. The SMILES string of the molecule is CCc1c(F)ccc2cc(O)cc(N3CCc4c(nc(OCC56CCCN5CCC6)nc4N4CCCC(C)(O)C4)C3)c12. The van der Waals surface area contributed by atoms with Crippen molar-refractivity contribution in [3.05, 3.63) is 46.9 Å². The molecule has 3 saturated heterocycles. The maximum absolute atomic E-state index is 14.9. The molecular weight excluding hydrogens is 533 g/mol. The van der Waals surface area contributed by atoms with Gasteiger partial charge in [-0.25, -0.2) is 4.39 Å². The monoisotopic (exact) mass is 575 g/mol. The molecule has 7 rings (SSSR count). The molecule has 0 radical (unpaired) electrons. The van der Waals surface area contributed by atoms with Gasteiger partial charge < -0.3 is 24.7 Å².